The lowest BCUT2D eigenvalue weighted by molar-refractivity contribution is -0.141. The highest BCUT2D eigenvalue weighted by atomic mass is 16.5. The average molecular weight is 215 g/mol. The number of ether oxygens (including phenoxy) is 1. The summed E-state index contributed by atoms with van der Waals surface area (Å²) in [5.41, 5.74) is 7.63. The first-order valence-electron chi connectivity index (χ1n) is 4.74. The molecule has 6 nitrogen and oxygen atoms in total. The Kier molecular flexibility index (Phi) is 6.08. The van der Waals surface area contributed by atoms with Crippen molar-refractivity contribution in [3.63, 3.8) is 0 Å². The Balaban J connectivity index is 3.99. The van der Waals surface area contributed by atoms with E-state index in [0.717, 1.165) is 0 Å². The van der Waals surface area contributed by atoms with Gasteiger partial charge < -0.3 is 10.5 Å². The van der Waals surface area contributed by atoms with Crippen LogP contribution in [0.15, 0.2) is 5.10 Å². The fourth-order valence-electron chi connectivity index (χ4n) is 0.655. The van der Waals surface area contributed by atoms with E-state index in [0.29, 0.717) is 6.61 Å². The number of carbonyl (C=O) groups is 2. The van der Waals surface area contributed by atoms with Crippen LogP contribution >= 0.6 is 0 Å². The van der Waals surface area contributed by atoms with E-state index >= 15 is 0 Å². The van der Waals surface area contributed by atoms with Crippen molar-refractivity contribution in [1.82, 2.24) is 5.43 Å². The van der Waals surface area contributed by atoms with Crippen LogP contribution in [0.25, 0.3) is 0 Å². The molecule has 0 heterocycles. The van der Waals surface area contributed by atoms with Gasteiger partial charge in [-0.3, -0.25) is 9.59 Å². The Morgan fingerprint density at radius 2 is 2.07 bits per heavy atom. The molecule has 0 unspecified atom stereocenters. The number of hydrogen-bond donors (Lipinski definition) is 2. The Morgan fingerprint density at radius 1 is 1.47 bits per heavy atom. The van der Waals surface area contributed by atoms with Crippen LogP contribution in [-0.2, 0) is 14.3 Å². The van der Waals surface area contributed by atoms with E-state index in [-0.39, 0.29) is 24.1 Å². The standard InChI is InChI=1S/C9H17N3O3/c1-4-15-8(13)5-7(10)11-12-9(14)6(2)3/h6H,4-5H2,1-3H3,(H2,10,11)(H,12,14). The number of nitrogens with zero attached hydrogens (tertiary/aromatic N) is 1. The Morgan fingerprint density at radius 3 is 2.53 bits per heavy atom. The van der Waals surface area contributed by atoms with Gasteiger partial charge in [-0.15, -0.1) is 0 Å². The second-order valence-corrected chi connectivity index (χ2v) is 3.22. The van der Waals surface area contributed by atoms with E-state index in [9.17, 15) is 9.59 Å². The van der Waals surface area contributed by atoms with Gasteiger partial charge in [0.25, 0.3) is 0 Å². The number of rotatable bonds is 5. The first-order chi connectivity index (χ1) is 6.97. The summed E-state index contributed by atoms with van der Waals surface area (Å²) in [6.07, 6.45) is -0.119. The fraction of sp³-hybridized carbons (Fsp3) is 0.667. The van der Waals surface area contributed by atoms with Crippen LogP contribution < -0.4 is 11.2 Å². The minimum absolute atomic E-state index is 0.0300. The molecule has 0 aromatic heterocycles. The van der Waals surface area contributed by atoms with Gasteiger partial charge in [0.15, 0.2) is 0 Å². The molecule has 0 saturated carbocycles. The van der Waals surface area contributed by atoms with Crippen molar-refractivity contribution in [3.05, 3.63) is 0 Å². The van der Waals surface area contributed by atoms with Crippen molar-refractivity contribution in [1.29, 1.82) is 0 Å². The van der Waals surface area contributed by atoms with E-state index in [1.54, 1.807) is 20.8 Å². The minimum atomic E-state index is -0.461. The topological polar surface area (TPSA) is 93.8 Å². The summed E-state index contributed by atoms with van der Waals surface area (Å²) in [5.74, 6) is -0.856. The smallest absolute Gasteiger partial charge is 0.313 e. The first kappa shape index (κ1) is 13.4. The summed E-state index contributed by atoms with van der Waals surface area (Å²) in [5, 5.41) is 3.56. The van der Waals surface area contributed by atoms with Crippen LogP contribution in [0.3, 0.4) is 0 Å². The number of nitrogens with one attached hydrogen (secondary N) is 1. The third-order valence-electron chi connectivity index (χ3n) is 1.46. The predicted octanol–water partition coefficient (Wildman–Crippen LogP) is -0.0160. The molecule has 3 N–H and O–H groups in total. The van der Waals surface area contributed by atoms with E-state index < -0.39 is 5.97 Å². The van der Waals surface area contributed by atoms with Gasteiger partial charge >= 0.3 is 5.97 Å². The molecule has 0 bridgehead atoms. The van der Waals surface area contributed by atoms with Crippen LogP contribution in [0.1, 0.15) is 27.2 Å². The van der Waals surface area contributed by atoms with Crippen molar-refractivity contribution >= 4 is 17.7 Å². The van der Waals surface area contributed by atoms with Crippen LogP contribution in [0, 0.1) is 5.92 Å². The molecule has 0 radical (unpaired) electrons. The summed E-state index contributed by atoms with van der Waals surface area (Å²) < 4.78 is 4.65. The monoisotopic (exact) mass is 215 g/mol. The molecule has 1 amide bonds. The predicted molar refractivity (Wildman–Crippen MR) is 55.9 cm³/mol. The average Bonchev–Trinajstić information content (AvgIpc) is 2.14. The van der Waals surface area contributed by atoms with Gasteiger partial charge in [-0.25, -0.2) is 5.43 Å². The van der Waals surface area contributed by atoms with Crippen molar-refractivity contribution in [2.24, 2.45) is 16.8 Å². The molecule has 15 heavy (non-hydrogen) atoms. The van der Waals surface area contributed by atoms with Gasteiger partial charge in [-0.1, -0.05) is 13.8 Å². The Labute approximate surface area is 88.9 Å². The Bertz CT molecular complexity index is 261. The summed E-state index contributed by atoms with van der Waals surface area (Å²) in [7, 11) is 0. The van der Waals surface area contributed by atoms with Gasteiger partial charge in [0, 0.05) is 5.92 Å². The number of amidine groups is 1. The summed E-state index contributed by atoms with van der Waals surface area (Å²) >= 11 is 0. The molecule has 6 heteroatoms. The van der Waals surface area contributed by atoms with Gasteiger partial charge in [0.2, 0.25) is 5.91 Å². The molecule has 0 aromatic rings. The summed E-state index contributed by atoms with van der Waals surface area (Å²) in [6.45, 7) is 5.45. The van der Waals surface area contributed by atoms with Crippen molar-refractivity contribution < 1.29 is 14.3 Å². The van der Waals surface area contributed by atoms with Crippen LogP contribution in [0.4, 0.5) is 0 Å². The maximum absolute atomic E-state index is 11.1. The third-order valence-corrected chi connectivity index (χ3v) is 1.46. The molecular weight excluding hydrogens is 198 g/mol. The maximum atomic E-state index is 11.1. The highest BCUT2D eigenvalue weighted by molar-refractivity contribution is 5.97. The van der Waals surface area contributed by atoms with Crippen LogP contribution in [0.5, 0.6) is 0 Å². The number of hydrazone groups is 1. The van der Waals surface area contributed by atoms with Crippen LogP contribution in [0.2, 0.25) is 0 Å². The molecule has 86 valence electrons. The number of hydrogen-bond acceptors (Lipinski definition) is 4. The zero-order valence-corrected chi connectivity index (χ0v) is 9.24. The molecule has 0 aliphatic heterocycles. The molecule has 0 aliphatic rings. The second kappa shape index (κ2) is 6.80. The SMILES string of the molecule is CCOC(=O)C/C(N)=N/NC(=O)C(C)C. The molecule has 0 saturated heterocycles. The largest absolute Gasteiger partial charge is 0.466 e. The van der Waals surface area contributed by atoms with E-state index in [1.807, 2.05) is 0 Å². The van der Waals surface area contributed by atoms with E-state index in [4.69, 9.17) is 5.73 Å². The summed E-state index contributed by atoms with van der Waals surface area (Å²) in [6, 6.07) is 0. The van der Waals surface area contributed by atoms with Crippen molar-refractivity contribution in [2.45, 2.75) is 27.2 Å². The minimum Gasteiger partial charge on any atom is -0.466 e. The number of esters is 1. The zero-order chi connectivity index (χ0) is 11.8. The van der Waals surface area contributed by atoms with Gasteiger partial charge in [-0.05, 0) is 6.92 Å². The molecular formula is C9H17N3O3. The number of amides is 1. The van der Waals surface area contributed by atoms with Crippen molar-refractivity contribution in [3.8, 4) is 0 Å². The van der Waals surface area contributed by atoms with E-state index in [1.165, 1.54) is 0 Å². The first-order valence-corrected chi connectivity index (χ1v) is 4.74. The van der Waals surface area contributed by atoms with Gasteiger partial charge in [0.05, 0.1) is 6.61 Å². The fourth-order valence-corrected chi connectivity index (χ4v) is 0.655. The quantitative estimate of drug-likeness (QED) is 0.292. The zero-order valence-electron chi connectivity index (χ0n) is 9.24. The molecule has 0 atom stereocenters. The molecule has 0 aromatic carbocycles. The molecule has 0 fully saturated rings. The molecule has 0 aliphatic carbocycles. The number of nitrogens with two attached hydrogens (primary N) is 1. The van der Waals surface area contributed by atoms with Crippen LogP contribution in [-0.4, -0.2) is 24.3 Å². The Hall–Kier alpha value is -1.59. The van der Waals surface area contributed by atoms with Crippen molar-refractivity contribution in [2.75, 3.05) is 6.61 Å². The number of carbonyl (C=O) groups excluding carboxylic acids is 2. The highest BCUT2D eigenvalue weighted by Gasteiger charge is 2.07. The summed E-state index contributed by atoms with van der Waals surface area (Å²) in [4.78, 5) is 22.0. The lowest BCUT2D eigenvalue weighted by Crippen LogP contribution is -2.28. The third kappa shape index (κ3) is 6.48. The van der Waals surface area contributed by atoms with Gasteiger partial charge in [-0.2, -0.15) is 5.10 Å². The second-order valence-electron chi connectivity index (χ2n) is 3.22. The lowest BCUT2D eigenvalue weighted by atomic mass is 10.2. The lowest BCUT2D eigenvalue weighted by Gasteiger charge is -2.04. The maximum Gasteiger partial charge on any atom is 0.313 e. The molecule has 0 rings (SSSR count). The normalized spacial score (nSPS) is 11.3. The molecule has 0 spiro atoms. The van der Waals surface area contributed by atoms with Gasteiger partial charge in [0.1, 0.15) is 12.3 Å². The van der Waals surface area contributed by atoms with E-state index in [2.05, 4.69) is 15.3 Å². The highest BCUT2D eigenvalue weighted by Crippen LogP contribution is 1.91.